The lowest BCUT2D eigenvalue weighted by Gasteiger charge is -2.20. The molecular weight excluding hydrogens is 316 g/mol. The summed E-state index contributed by atoms with van der Waals surface area (Å²) in [6.07, 6.45) is 0. The molecule has 0 spiro atoms. The highest BCUT2D eigenvalue weighted by atomic mass is 35.5. The number of amides is 3. The van der Waals surface area contributed by atoms with E-state index in [2.05, 4.69) is 5.43 Å². The van der Waals surface area contributed by atoms with E-state index in [4.69, 9.17) is 17.3 Å². The molecule has 114 valence electrons. The fourth-order valence-electron chi connectivity index (χ4n) is 1.64. The zero-order valence-electron chi connectivity index (χ0n) is 11.0. The van der Waals surface area contributed by atoms with Crippen LogP contribution in [0.2, 0.25) is 5.02 Å². The van der Waals surface area contributed by atoms with Crippen molar-refractivity contribution in [1.82, 2.24) is 5.01 Å². The molecule has 22 heavy (non-hydrogen) atoms. The number of halogens is 3. The number of nitrogens with two attached hydrogens (primary N) is 1. The Labute approximate surface area is 129 Å². The number of hydrogen-bond acceptors (Lipinski definition) is 3. The lowest BCUT2D eigenvalue weighted by atomic mass is 10.2. The third-order valence-electron chi connectivity index (χ3n) is 2.67. The van der Waals surface area contributed by atoms with Crippen LogP contribution in [0.15, 0.2) is 42.5 Å². The van der Waals surface area contributed by atoms with E-state index in [1.54, 1.807) is 0 Å². The molecule has 0 aliphatic carbocycles. The van der Waals surface area contributed by atoms with Crippen LogP contribution in [-0.4, -0.2) is 16.9 Å². The molecular formula is C14H10ClF2N3O2. The molecule has 2 aromatic carbocycles. The van der Waals surface area contributed by atoms with Gasteiger partial charge in [0.1, 0.15) is 11.6 Å². The minimum absolute atomic E-state index is 0.332. The van der Waals surface area contributed by atoms with E-state index in [1.807, 2.05) is 0 Å². The molecule has 0 unspecified atom stereocenters. The molecule has 8 heteroatoms. The Morgan fingerprint density at radius 3 is 2.27 bits per heavy atom. The molecule has 0 aliphatic heterocycles. The Kier molecular flexibility index (Phi) is 4.57. The summed E-state index contributed by atoms with van der Waals surface area (Å²) < 4.78 is 26.5. The maximum Gasteiger partial charge on any atom is 0.341 e. The summed E-state index contributed by atoms with van der Waals surface area (Å²) in [5.41, 5.74) is 7.38. The predicted octanol–water partition coefficient (Wildman–Crippen LogP) is 3.17. The monoisotopic (exact) mass is 325 g/mol. The van der Waals surface area contributed by atoms with Crippen molar-refractivity contribution in [3.05, 3.63) is 64.7 Å². The summed E-state index contributed by atoms with van der Waals surface area (Å²) >= 11 is 5.72. The van der Waals surface area contributed by atoms with Gasteiger partial charge in [-0.05, 0) is 36.4 Å². The number of carbonyl (C=O) groups excluding carboxylic acids is 2. The minimum atomic E-state index is -1.15. The van der Waals surface area contributed by atoms with Crippen LogP contribution in [0.5, 0.6) is 0 Å². The van der Waals surface area contributed by atoms with Crippen molar-refractivity contribution < 1.29 is 18.4 Å². The smallest absolute Gasteiger partial charge is 0.341 e. The van der Waals surface area contributed by atoms with Gasteiger partial charge >= 0.3 is 6.03 Å². The van der Waals surface area contributed by atoms with Gasteiger partial charge in [0.25, 0.3) is 5.91 Å². The number of anilines is 1. The number of primary amides is 1. The van der Waals surface area contributed by atoms with Gasteiger partial charge in [-0.3, -0.25) is 10.2 Å². The third-order valence-corrected chi connectivity index (χ3v) is 2.92. The Hall–Kier alpha value is -2.67. The van der Waals surface area contributed by atoms with Crippen molar-refractivity contribution in [3.8, 4) is 0 Å². The number of benzene rings is 2. The van der Waals surface area contributed by atoms with E-state index >= 15 is 0 Å². The Bertz CT molecular complexity index is 723. The van der Waals surface area contributed by atoms with Gasteiger partial charge in [0, 0.05) is 11.1 Å². The van der Waals surface area contributed by atoms with Gasteiger partial charge in [0.15, 0.2) is 0 Å². The molecule has 0 saturated carbocycles. The second-order valence-electron chi connectivity index (χ2n) is 4.22. The summed E-state index contributed by atoms with van der Waals surface area (Å²) in [7, 11) is 0. The van der Waals surface area contributed by atoms with Gasteiger partial charge in [0.05, 0.1) is 11.3 Å². The van der Waals surface area contributed by atoms with Crippen molar-refractivity contribution in [1.29, 1.82) is 0 Å². The van der Waals surface area contributed by atoms with Gasteiger partial charge < -0.3 is 5.73 Å². The standard InChI is InChI=1S/C14H10ClF2N3O2/c15-8-1-4-10(5-2-8)19-20(14(18)22)13(21)11-6-3-9(16)7-12(11)17/h1-7,19H,(H2,18,22). The van der Waals surface area contributed by atoms with Crippen LogP contribution >= 0.6 is 11.6 Å². The lowest BCUT2D eigenvalue weighted by Crippen LogP contribution is -2.45. The molecule has 0 aromatic heterocycles. The molecule has 0 fully saturated rings. The van der Waals surface area contributed by atoms with Crippen molar-refractivity contribution >= 4 is 29.2 Å². The molecule has 0 saturated heterocycles. The highest BCUT2D eigenvalue weighted by Crippen LogP contribution is 2.16. The van der Waals surface area contributed by atoms with Crippen LogP contribution in [0.25, 0.3) is 0 Å². The normalized spacial score (nSPS) is 10.1. The Balaban J connectivity index is 2.29. The zero-order valence-corrected chi connectivity index (χ0v) is 11.8. The fourth-order valence-corrected chi connectivity index (χ4v) is 1.77. The number of urea groups is 1. The van der Waals surface area contributed by atoms with E-state index in [0.29, 0.717) is 21.8 Å². The van der Waals surface area contributed by atoms with Crippen molar-refractivity contribution in [3.63, 3.8) is 0 Å². The summed E-state index contributed by atoms with van der Waals surface area (Å²) in [5, 5.41) is 0.867. The number of hydrogen-bond donors (Lipinski definition) is 2. The maximum absolute atomic E-state index is 13.6. The second-order valence-corrected chi connectivity index (χ2v) is 4.66. The van der Waals surface area contributed by atoms with Crippen molar-refractivity contribution in [2.45, 2.75) is 0 Å². The summed E-state index contributed by atoms with van der Waals surface area (Å²) in [5.74, 6) is -3.00. The fraction of sp³-hybridized carbons (Fsp3) is 0. The summed E-state index contributed by atoms with van der Waals surface area (Å²) in [6, 6.07) is 7.24. The van der Waals surface area contributed by atoms with Crippen LogP contribution in [-0.2, 0) is 0 Å². The molecule has 0 aliphatic rings. The number of nitrogens with zero attached hydrogens (tertiary/aromatic N) is 1. The molecule has 0 radical (unpaired) electrons. The van der Waals surface area contributed by atoms with Gasteiger partial charge in [-0.15, -0.1) is 0 Å². The highest BCUT2D eigenvalue weighted by molar-refractivity contribution is 6.30. The molecule has 3 amide bonds. The lowest BCUT2D eigenvalue weighted by molar-refractivity contribution is 0.0832. The van der Waals surface area contributed by atoms with Gasteiger partial charge in [0.2, 0.25) is 0 Å². The largest absolute Gasteiger partial charge is 0.350 e. The summed E-state index contributed by atoms with van der Waals surface area (Å²) in [4.78, 5) is 23.6. The maximum atomic E-state index is 13.6. The average molecular weight is 326 g/mol. The van der Waals surface area contributed by atoms with Gasteiger partial charge in [-0.25, -0.2) is 13.6 Å². The number of nitrogens with one attached hydrogen (secondary N) is 1. The highest BCUT2D eigenvalue weighted by Gasteiger charge is 2.24. The number of imide groups is 1. The van der Waals surface area contributed by atoms with Crippen LogP contribution in [0, 0.1) is 11.6 Å². The molecule has 5 nitrogen and oxygen atoms in total. The van der Waals surface area contributed by atoms with E-state index in [1.165, 1.54) is 24.3 Å². The molecule has 2 rings (SSSR count). The first-order chi connectivity index (χ1) is 10.4. The minimum Gasteiger partial charge on any atom is -0.350 e. The van der Waals surface area contributed by atoms with Crippen LogP contribution in [0.3, 0.4) is 0 Å². The Morgan fingerprint density at radius 2 is 1.73 bits per heavy atom. The van der Waals surface area contributed by atoms with Gasteiger partial charge in [-0.2, -0.15) is 5.01 Å². The van der Waals surface area contributed by atoms with E-state index in [9.17, 15) is 18.4 Å². The van der Waals surface area contributed by atoms with Crippen molar-refractivity contribution in [2.24, 2.45) is 5.73 Å². The van der Waals surface area contributed by atoms with Gasteiger partial charge in [-0.1, -0.05) is 11.6 Å². The molecule has 3 N–H and O–H groups in total. The Morgan fingerprint density at radius 1 is 1.09 bits per heavy atom. The SMILES string of the molecule is NC(=O)N(Nc1ccc(Cl)cc1)C(=O)c1ccc(F)cc1F. The zero-order chi connectivity index (χ0) is 16.3. The predicted molar refractivity (Wildman–Crippen MR) is 77.2 cm³/mol. The van der Waals surface area contributed by atoms with Crippen LogP contribution < -0.4 is 11.2 Å². The topological polar surface area (TPSA) is 75.4 Å². The summed E-state index contributed by atoms with van der Waals surface area (Å²) in [6.45, 7) is 0. The second kappa shape index (κ2) is 6.40. The first-order valence-corrected chi connectivity index (χ1v) is 6.37. The van der Waals surface area contributed by atoms with Crippen LogP contribution in [0.4, 0.5) is 19.3 Å². The number of rotatable bonds is 3. The van der Waals surface area contributed by atoms with E-state index in [-0.39, 0.29) is 0 Å². The van der Waals surface area contributed by atoms with E-state index in [0.717, 1.165) is 12.1 Å². The van der Waals surface area contributed by atoms with E-state index < -0.39 is 29.1 Å². The number of carbonyl (C=O) groups is 2. The molecule has 0 heterocycles. The first kappa shape index (κ1) is 15.7. The molecule has 0 bridgehead atoms. The van der Waals surface area contributed by atoms with Crippen LogP contribution in [0.1, 0.15) is 10.4 Å². The van der Waals surface area contributed by atoms with Crippen molar-refractivity contribution in [2.75, 3.05) is 5.43 Å². The first-order valence-electron chi connectivity index (χ1n) is 5.99. The number of hydrazine groups is 1. The quantitative estimate of drug-likeness (QED) is 0.851. The molecule has 0 atom stereocenters. The molecule has 2 aromatic rings. The third kappa shape index (κ3) is 3.50. The average Bonchev–Trinajstić information content (AvgIpc) is 2.45.